The molecule has 1 aliphatic carbocycles. The summed E-state index contributed by atoms with van der Waals surface area (Å²) in [4.78, 5) is 35.6. The monoisotopic (exact) mass is 396 g/mol. The largest absolute Gasteiger partial charge is 0.463 e. The number of allylic oxidation sites excluding steroid dienone is 7. The van der Waals surface area contributed by atoms with Crippen LogP contribution in [0.4, 0.5) is 0 Å². The van der Waals surface area contributed by atoms with Crippen LogP contribution in [0, 0.1) is 0 Å². The van der Waals surface area contributed by atoms with E-state index >= 15 is 0 Å². The number of carbonyl (C=O) groups is 3. The zero-order valence-electron chi connectivity index (χ0n) is 16.8. The molecule has 1 aliphatic rings. The summed E-state index contributed by atoms with van der Waals surface area (Å²) in [6, 6.07) is 0. The van der Waals surface area contributed by atoms with Gasteiger partial charge in [-0.15, -0.1) is 0 Å². The maximum absolute atomic E-state index is 11.9. The Morgan fingerprint density at radius 1 is 1.03 bits per heavy atom. The van der Waals surface area contributed by atoms with Crippen LogP contribution in [0.3, 0.4) is 0 Å². The first-order chi connectivity index (χ1) is 14.0. The molecule has 0 aliphatic heterocycles. The molecule has 0 unspecified atom stereocenters. The summed E-state index contributed by atoms with van der Waals surface area (Å²) in [6.45, 7) is 9.67. The van der Waals surface area contributed by atoms with E-state index in [1.54, 1.807) is 19.1 Å². The van der Waals surface area contributed by atoms with Gasteiger partial charge in [0.1, 0.15) is 0 Å². The molecular formula is C23H28N2O4. The first-order valence-electron chi connectivity index (χ1n) is 9.41. The smallest absolute Gasteiger partial charge is 0.331 e. The van der Waals surface area contributed by atoms with Gasteiger partial charge in [-0.1, -0.05) is 49.6 Å². The van der Waals surface area contributed by atoms with E-state index < -0.39 is 5.97 Å². The second kappa shape index (κ2) is 13.7. The van der Waals surface area contributed by atoms with Gasteiger partial charge in [-0.05, 0) is 36.5 Å². The van der Waals surface area contributed by atoms with Gasteiger partial charge in [-0.25, -0.2) is 4.79 Å². The van der Waals surface area contributed by atoms with Crippen LogP contribution in [0.2, 0.25) is 0 Å². The molecule has 0 heterocycles. The number of hydrogen-bond acceptors (Lipinski definition) is 4. The summed E-state index contributed by atoms with van der Waals surface area (Å²) in [5.74, 6) is -0.903. The first-order valence-corrected chi connectivity index (χ1v) is 9.41. The summed E-state index contributed by atoms with van der Waals surface area (Å²) in [5.41, 5.74) is 2.50. The molecule has 0 aromatic carbocycles. The predicted octanol–water partition coefficient (Wildman–Crippen LogP) is 2.84. The molecule has 0 saturated heterocycles. The lowest BCUT2D eigenvalue weighted by atomic mass is 10.0. The predicted molar refractivity (Wildman–Crippen MR) is 115 cm³/mol. The van der Waals surface area contributed by atoms with Gasteiger partial charge < -0.3 is 15.4 Å². The fraction of sp³-hybridized carbons (Fsp3) is 0.261. The molecule has 0 aromatic heterocycles. The molecule has 2 N–H and O–H groups in total. The second-order valence-corrected chi connectivity index (χ2v) is 6.03. The number of carbonyl (C=O) groups excluding carboxylic acids is 3. The Hall–Kier alpha value is -3.41. The zero-order chi connectivity index (χ0) is 21.5. The maximum Gasteiger partial charge on any atom is 0.331 e. The van der Waals surface area contributed by atoms with Gasteiger partial charge in [-0.2, -0.15) is 0 Å². The maximum atomic E-state index is 11.9. The third-order valence-electron chi connectivity index (χ3n) is 3.86. The highest BCUT2D eigenvalue weighted by atomic mass is 16.5. The summed E-state index contributed by atoms with van der Waals surface area (Å²) in [7, 11) is 0. The molecule has 154 valence electrons. The van der Waals surface area contributed by atoms with Crippen molar-refractivity contribution >= 4 is 17.8 Å². The Balaban J connectivity index is 2.99. The lowest BCUT2D eigenvalue weighted by Crippen LogP contribution is -2.28. The SMILES string of the molecule is C=C/C=C/C(=O)NCC1=CCC/C(=C\C(=O)OCC)C=C1CNC(=O)/C=C/C=C. The Labute approximate surface area is 172 Å². The molecule has 6 heteroatoms. The molecule has 0 atom stereocenters. The summed E-state index contributed by atoms with van der Waals surface area (Å²) in [5, 5.41) is 5.61. The third-order valence-corrected chi connectivity index (χ3v) is 3.86. The number of esters is 1. The molecule has 29 heavy (non-hydrogen) atoms. The Kier molecular flexibility index (Phi) is 11.2. The van der Waals surface area contributed by atoms with Crippen LogP contribution in [-0.4, -0.2) is 37.5 Å². The van der Waals surface area contributed by atoms with Crippen molar-refractivity contribution in [2.24, 2.45) is 0 Å². The van der Waals surface area contributed by atoms with Gasteiger partial charge in [0.25, 0.3) is 0 Å². The zero-order valence-corrected chi connectivity index (χ0v) is 16.8. The van der Waals surface area contributed by atoms with Crippen molar-refractivity contribution < 1.29 is 19.1 Å². The standard InChI is InChI=1S/C23H28N2O4/c1-4-7-12-21(26)24-16-19-11-9-10-18(15-23(28)29-6-3)14-20(19)17-25-22(27)13-8-5-2/h4-5,7-8,11-15H,1-2,6,9-10,16-17H2,3H3,(H,24,26)(H,25,27)/b12-7+,13-8+,18-15+. The minimum atomic E-state index is -0.401. The molecule has 0 bridgehead atoms. The van der Waals surface area contributed by atoms with Crippen LogP contribution in [-0.2, 0) is 19.1 Å². The number of rotatable bonds is 10. The van der Waals surface area contributed by atoms with Crippen LogP contribution in [0.1, 0.15) is 19.8 Å². The van der Waals surface area contributed by atoms with Crippen molar-refractivity contribution in [2.75, 3.05) is 19.7 Å². The molecule has 0 saturated carbocycles. The van der Waals surface area contributed by atoms with E-state index in [2.05, 4.69) is 23.8 Å². The van der Waals surface area contributed by atoms with Gasteiger partial charge in [-0.3, -0.25) is 9.59 Å². The molecular weight excluding hydrogens is 368 g/mol. The molecule has 2 amide bonds. The highest BCUT2D eigenvalue weighted by molar-refractivity contribution is 5.88. The quantitative estimate of drug-likeness (QED) is 0.338. The molecule has 0 spiro atoms. The van der Waals surface area contributed by atoms with E-state index in [1.807, 2.05) is 12.2 Å². The Morgan fingerprint density at radius 3 is 2.17 bits per heavy atom. The minimum Gasteiger partial charge on any atom is -0.463 e. The van der Waals surface area contributed by atoms with E-state index in [0.29, 0.717) is 26.0 Å². The van der Waals surface area contributed by atoms with Crippen LogP contribution in [0.25, 0.3) is 0 Å². The Morgan fingerprint density at radius 2 is 1.62 bits per heavy atom. The number of nitrogens with one attached hydrogen (secondary N) is 2. The van der Waals surface area contributed by atoms with E-state index in [0.717, 1.165) is 16.7 Å². The van der Waals surface area contributed by atoms with Crippen LogP contribution in [0.15, 0.2) is 84.6 Å². The van der Waals surface area contributed by atoms with E-state index in [-0.39, 0.29) is 18.4 Å². The highest BCUT2D eigenvalue weighted by Crippen LogP contribution is 2.21. The summed E-state index contributed by atoms with van der Waals surface area (Å²) < 4.78 is 4.98. The number of ether oxygens (including phenoxy) is 1. The number of amides is 2. The molecule has 6 nitrogen and oxygen atoms in total. The van der Waals surface area contributed by atoms with Crippen molar-refractivity contribution in [2.45, 2.75) is 19.8 Å². The fourth-order valence-corrected chi connectivity index (χ4v) is 2.53. The summed E-state index contributed by atoms with van der Waals surface area (Å²) >= 11 is 0. The van der Waals surface area contributed by atoms with Crippen LogP contribution < -0.4 is 10.6 Å². The van der Waals surface area contributed by atoms with E-state index in [4.69, 9.17) is 4.74 Å². The van der Waals surface area contributed by atoms with Crippen molar-refractivity contribution in [1.82, 2.24) is 10.6 Å². The first kappa shape index (κ1) is 23.6. The van der Waals surface area contributed by atoms with E-state index in [1.165, 1.54) is 30.4 Å². The van der Waals surface area contributed by atoms with Crippen LogP contribution in [0.5, 0.6) is 0 Å². The summed E-state index contributed by atoms with van der Waals surface area (Å²) in [6.07, 6.45) is 15.6. The lowest BCUT2D eigenvalue weighted by Gasteiger charge is -2.13. The van der Waals surface area contributed by atoms with Crippen molar-refractivity contribution in [3.8, 4) is 0 Å². The van der Waals surface area contributed by atoms with E-state index in [9.17, 15) is 14.4 Å². The normalized spacial score (nSPS) is 15.4. The minimum absolute atomic E-state index is 0.241. The van der Waals surface area contributed by atoms with Crippen LogP contribution >= 0.6 is 0 Å². The van der Waals surface area contributed by atoms with Gasteiger partial charge in [0.15, 0.2) is 0 Å². The molecule has 0 fully saturated rings. The van der Waals surface area contributed by atoms with Gasteiger partial charge in [0.2, 0.25) is 11.8 Å². The topological polar surface area (TPSA) is 84.5 Å². The molecule has 1 rings (SSSR count). The Bertz CT molecular complexity index is 783. The van der Waals surface area contributed by atoms with Crippen molar-refractivity contribution in [1.29, 1.82) is 0 Å². The highest BCUT2D eigenvalue weighted by Gasteiger charge is 2.13. The average Bonchev–Trinajstić information content (AvgIpc) is 2.89. The number of hydrogen-bond donors (Lipinski definition) is 2. The van der Waals surface area contributed by atoms with Gasteiger partial charge in [0, 0.05) is 31.3 Å². The van der Waals surface area contributed by atoms with Crippen molar-refractivity contribution in [3.63, 3.8) is 0 Å². The van der Waals surface area contributed by atoms with Gasteiger partial charge in [0.05, 0.1) is 6.61 Å². The molecule has 0 radical (unpaired) electrons. The second-order valence-electron chi connectivity index (χ2n) is 6.03. The van der Waals surface area contributed by atoms with Crippen molar-refractivity contribution in [3.05, 3.63) is 84.6 Å². The lowest BCUT2D eigenvalue weighted by molar-refractivity contribution is -0.137. The molecule has 0 aromatic rings. The average molecular weight is 396 g/mol. The fourth-order valence-electron chi connectivity index (χ4n) is 2.53. The van der Waals surface area contributed by atoms with Gasteiger partial charge >= 0.3 is 5.97 Å². The third kappa shape index (κ3) is 9.91.